The molecule has 0 radical (unpaired) electrons. The summed E-state index contributed by atoms with van der Waals surface area (Å²) in [4.78, 5) is 40.5. The Kier molecular flexibility index (Phi) is 4.62. The van der Waals surface area contributed by atoms with Crippen LogP contribution in [0.15, 0.2) is 30.3 Å². The number of hydrogen-bond donors (Lipinski definition) is 0. The Balaban J connectivity index is 1.78. The molecule has 0 N–H and O–H groups in total. The number of rotatable bonds is 5. The number of amides is 1. The van der Waals surface area contributed by atoms with Gasteiger partial charge in [0.2, 0.25) is 0 Å². The predicted molar refractivity (Wildman–Crippen MR) is 96.4 cm³/mol. The van der Waals surface area contributed by atoms with Crippen LogP contribution in [0.2, 0.25) is 0 Å². The number of fused-ring (bicyclic) bond motifs is 1. The first-order valence-corrected chi connectivity index (χ1v) is 9.37. The lowest BCUT2D eigenvalue weighted by Gasteiger charge is -2.30. The number of thiophene rings is 1. The number of benzene rings is 1. The molecule has 4 rings (SSSR count). The van der Waals surface area contributed by atoms with Gasteiger partial charge in [-0.05, 0) is 49.1 Å². The fraction of sp³-hybridized carbons (Fsp3) is 0.316. The van der Waals surface area contributed by atoms with E-state index in [4.69, 9.17) is 0 Å². The molecular formula is C19H15F2NO5S. The smallest absolute Gasteiger partial charge is 0.387 e. The van der Waals surface area contributed by atoms with Gasteiger partial charge in [-0.3, -0.25) is 19.3 Å². The summed E-state index contributed by atoms with van der Waals surface area (Å²) in [6.07, 6.45) is 2.03. The standard InChI is InChI=1S/C19H15F2NO5S/c1-26-18(25)14-15(23)16-12(8-13(28-16)9-2-3-9)22(17(14)24)10-4-6-11(7-5-10)27-19(20)21/h4-9,14,19H,2-3H2,1H3. The van der Waals surface area contributed by atoms with Crippen molar-refractivity contribution >= 4 is 40.4 Å². The first kappa shape index (κ1) is 18.5. The first-order chi connectivity index (χ1) is 13.4. The lowest BCUT2D eigenvalue weighted by atomic mass is 9.95. The number of alkyl halides is 2. The van der Waals surface area contributed by atoms with Gasteiger partial charge in [0.05, 0.1) is 17.7 Å². The molecule has 1 fully saturated rings. The number of carbonyl (C=O) groups is 3. The molecule has 0 saturated heterocycles. The number of methoxy groups -OCH3 is 1. The van der Waals surface area contributed by atoms with E-state index in [2.05, 4.69) is 9.47 Å². The molecule has 2 heterocycles. The first-order valence-electron chi connectivity index (χ1n) is 8.55. The molecule has 6 nitrogen and oxygen atoms in total. The van der Waals surface area contributed by atoms with Gasteiger partial charge in [0.1, 0.15) is 5.75 Å². The molecule has 1 saturated carbocycles. The van der Waals surface area contributed by atoms with Crippen LogP contribution in [0.25, 0.3) is 0 Å². The van der Waals surface area contributed by atoms with E-state index >= 15 is 0 Å². The highest BCUT2D eigenvalue weighted by atomic mass is 32.1. The molecule has 0 bridgehead atoms. The molecule has 2 aliphatic rings. The van der Waals surface area contributed by atoms with E-state index in [1.165, 1.54) is 40.5 Å². The maximum atomic E-state index is 13.0. The number of esters is 1. The second-order valence-electron chi connectivity index (χ2n) is 6.50. The van der Waals surface area contributed by atoms with Gasteiger partial charge in [-0.15, -0.1) is 11.3 Å². The number of carbonyl (C=O) groups excluding carboxylic acids is 3. The quantitative estimate of drug-likeness (QED) is 0.556. The molecular weight excluding hydrogens is 392 g/mol. The van der Waals surface area contributed by atoms with Crippen molar-refractivity contribution < 1.29 is 32.6 Å². The third-order valence-corrected chi connectivity index (χ3v) is 5.96. The van der Waals surface area contributed by atoms with Crippen LogP contribution in [0.1, 0.15) is 33.3 Å². The van der Waals surface area contributed by atoms with Crippen molar-refractivity contribution in [2.45, 2.75) is 25.4 Å². The normalized spacial score (nSPS) is 19.0. The Bertz CT molecular complexity index is 952. The van der Waals surface area contributed by atoms with Crippen molar-refractivity contribution in [2.24, 2.45) is 5.92 Å². The highest BCUT2D eigenvalue weighted by molar-refractivity contribution is 7.15. The fourth-order valence-electron chi connectivity index (χ4n) is 3.17. The molecule has 9 heteroatoms. The second-order valence-corrected chi connectivity index (χ2v) is 7.59. The molecule has 0 spiro atoms. The highest BCUT2D eigenvalue weighted by Gasteiger charge is 2.47. The molecule has 146 valence electrons. The van der Waals surface area contributed by atoms with Crippen LogP contribution in [0.4, 0.5) is 20.2 Å². The lowest BCUT2D eigenvalue weighted by Crippen LogP contribution is -2.45. The number of nitrogens with zero attached hydrogens (tertiary/aromatic N) is 1. The van der Waals surface area contributed by atoms with Gasteiger partial charge in [-0.2, -0.15) is 8.78 Å². The van der Waals surface area contributed by atoms with Crippen LogP contribution in [-0.4, -0.2) is 31.4 Å². The van der Waals surface area contributed by atoms with Gasteiger partial charge in [0.15, 0.2) is 11.7 Å². The van der Waals surface area contributed by atoms with Crippen molar-refractivity contribution in [3.05, 3.63) is 40.1 Å². The molecule has 1 aliphatic heterocycles. The SMILES string of the molecule is COC(=O)C1C(=O)c2sc(C3CC3)cc2N(c2ccc(OC(F)F)cc2)C1=O. The van der Waals surface area contributed by atoms with Gasteiger partial charge in [-0.25, -0.2) is 0 Å². The van der Waals surface area contributed by atoms with Gasteiger partial charge >= 0.3 is 12.6 Å². The minimum absolute atomic E-state index is 0.0620. The zero-order chi connectivity index (χ0) is 20.0. The number of hydrogen-bond acceptors (Lipinski definition) is 6. The monoisotopic (exact) mass is 407 g/mol. The number of ketones is 1. The average molecular weight is 407 g/mol. The summed E-state index contributed by atoms with van der Waals surface area (Å²) in [6.45, 7) is -2.96. The van der Waals surface area contributed by atoms with Gasteiger partial charge in [0, 0.05) is 10.6 Å². The fourth-order valence-corrected chi connectivity index (χ4v) is 4.45. The Labute approximate surface area is 162 Å². The Morgan fingerprint density at radius 1 is 1.21 bits per heavy atom. The third-order valence-electron chi connectivity index (χ3n) is 4.66. The van der Waals surface area contributed by atoms with Crippen molar-refractivity contribution in [3.8, 4) is 5.75 Å². The molecule has 1 unspecified atom stereocenters. The largest absolute Gasteiger partial charge is 0.468 e. The third kappa shape index (κ3) is 3.15. The Morgan fingerprint density at radius 3 is 2.46 bits per heavy atom. The van der Waals surface area contributed by atoms with E-state index in [1.54, 1.807) is 6.07 Å². The van der Waals surface area contributed by atoms with Gasteiger partial charge < -0.3 is 9.47 Å². The van der Waals surface area contributed by atoms with Crippen LogP contribution in [-0.2, 0) is 14.3 Å². The summed E-state index contributed by atoms with van der Waals surface area (Å²) in [5.41, 5.74) is 0.749. The molecule has 1 aromatic carbocycles. The van der Waals surface area contributed by atoms with E-state index in [0.29, 0.717) is 22.2 Å². The van der Waals surface area contributed by atoms with E-state index in [9.17, 15) is 23.2 Å². The average Bonchev–Trinajstić information content (AvgIpc) is 3.42. The number of Topliss-reactive ketones (excluding diaryl/α,β-unsaturated/α-hetero) is 1. The zero-order valence-corrected chi connectivity index (χ0v) is 15.5. The number of anilines is 2. The number of halogens is 2. The van der Waals surface area contributed by atoms with Crippen LogP contribution in [0, 0.1) is 5.92 Å². The number of ether oxygens (including phenoxy) is 2. The molecule has 1 aromatic heterocycles. The summed E-state index contributed by atoms with van der Waals surface area (Å²) < 4.78 is 33.7. The highest BCUT2D eigenvalue weighted by Crippen LogP contribution is 2.49. The second kappa shape index (κ2) is 6.97. The molecule has 1 amide bonds. The topological polar surface area (TPSA) is 72.9 Å². The van der Waals surface area contributed by atoms with Gasteiger partial charge in [-0.1, -0.05) is 0 Å². The molecule has 1 atom stereocenters. The predicted octanol–water partition coefficient (Wildman–Crippen LogP) is 3.88. The van der Waals surface area contributed by atoms with Crippen molar-refractivity contribution in [1.82, 2.24) is 0 Å². The van der Waals surface area contributed by atoms with Crippen LogP contribution in [0.3, 0.4) is 0 Å². The maximum Gasteiger partial charge on any atom is 0.387 e. The van der Waals surface area contributed by atoms with Crippen molar-refractivity contribution in [1.29, 1.82) is 0 Å². The van der Waals surface area contributed by atoms with Crippen molar-refractivity contribution in [3.63, 3.8) is 0 Å². The summed E-state index contributed by atoms with van der Waals surface area (Å²) >= 11 is 1.28. The zero-order valence-electron chi connectivity index (χ0n) is 14.7. The summed E-state index contributed by atoms with van der Waals surface area (Å²) in [6, 6.07) is 7.25. The Hall–Kier alpha value is -2.81. The van der Waals surface area contributed by atoms with Crippen LogP contribution >= 0.6 is 11.3 Å². The minimum atomic E-state index is -2.96. The minimum Gasteiger partial charge on any atom is -0.468 e. The summed E-state index contributed by atoms with van der Waals surface area (Å²) in [7, 11) is 1.11. The molecule has 2 aromatic rings. The summed E-state index contributed by atoms with van der Waals surface area (Å²) in [5.74, 6) is -3.51. The van der Waals surface area contributed by atoms with Gasteiger partial charge in [0.25, 0.3) is 5.91 Å². The van der Waals surface area contributed by atoms with Crippen LogP contribution < -0.4 is 9.64 Å². The van der Waals surface area contributed by atoms with Crippen LogP contribution in [0.5, 0.6) is 5.75 Å². The van der Waals surface area contributed by atoms with E-state index in [1.807, 2.05) is 0 Å². The van der Waals surface area contributed by atoms with E-state index in [0.717, 1.165) is 24.8 Å². The maximum absolute atomic E-state index is 13.0. The Morgan fingerprint density at radius 2 is 1.89 bits per heavy atom. The molecule has 1 aliphatic carbocycles. The lowest BCUT2D eigenvalue weighted by molar-refractivity contribution is -0.147. The molecule has 28 heavy (non-hydrogen) atoms. The van der Waals surface area contributed by atoms with Crippen molar-refractivity contribution in [2.75, 3.05) is 12.0 Å². The van der Waals surface area contributed by atoms with E-state index < -0.39 is 30.2 Å². The van der Waals surface area contributed by atoms with E-state index in [-0.39, 0.29) is 5.75 Å². The summed E-state index contributed by atoms with van der Waals surface area (Å²) in [5, 5.41) is 0.